The highest BCUT2D eigenvalue weighted by Gasteiger charge is 2.13. The van der Waals surface area contributed by atoms with Gasteiger partial charge in [0, 0.05) is 17.7 Å². The van der Waals surface area contributed by atoms with Crippen LogP contribution in [0.2, 0.25) is 0 Å². The van der Waals surface area contributed by atoms with E-state index in [1.807, 2.05) is 18.2 Å². The molecule has 76 valence electrons. The molecule has 0 saturated carbocycles. The molecule has 1 aromatic carbocycles. The van der Waals surface area contributed by atoms with E-state index in [9.17, 15) is 4.79 Å². The highest BCUT2D eigenvalue weighted by Crippen LogP contribution is 2.23. The SMILES string of the molecule is O=C1CCc2cc(C#CCBr)ccc2N1. The summed E-state index contributed by atoms with van der Waals surface area (Å²) < 4.78 is 0. The van der Waals surface area contributed by atoms with Crippen LogP contribution in [-0.2, 0) is 11.2 Å². The van der Waals surface area contributed by atoms with Gasteiger partial charge >= 0.3 is 0 Å². The number of nitrogens with one attached hydrogen (secondary N) is 1. The summed E-state index contributed by atoms with van der Waals surface area (Å²) in [6.07, 6.45) is 1.38. The Labute approximate surface area is 97.2 Å². The maximum absolute atomic E-state index is 11.1. The Morgan fingerprint density at radius 2 is 2.27 bits per heavy atom. The second-order valence-electron chi connectivity index (χ2n) is 3.36. The summed E-state index contributed by atoms with van der Waals surface area (Å²) in [7, 11) is 0. The van der Waals surface area contributed by atoms with Crippen molar-refractivity contribution in [2.24, 2.45) is 0 Å². The molecule has 3 heteroatoms. The average molecular weight is 264 g/mol. The molecule has 0 radical (unpaired) electrons. The van der Waals surface area contributed by atoms with Gasteiger partial charge in [-0.1, -0.05) is 27.8 Å². The van der Waals surface area contributed by atoms with E-state index in [-0.39, 0.29) is 5.91 Å². The fourth-order valence-electron chi connectivity index (χ4n) is 1.60. The van der Waals surface area contributed by atoms with Gasteiger partial charge in [0.15, 0.2) is 0 Å². The van der Waals surface area contributed by atoms with Gasteiger partial charge in [0.05, 0.1) is 5.33 Å². The van der Waals surface area contributed by atoms with Crippen molar-refractivity contribution in [3.63, 3.8) is 0 Å². The Balaban J connectivity index is 2.30. The van der Waals surface area contributed by atoms with E-state index in [0.717, 1.165) is 17.7 Å². The van der Waals surface area contributed by atoms with E-state index < -0.39 is 0 Å². The fourth-order valence-corrected chi connectivity index (χ4v) is 1.74. The van der Waals surface area contributed by atoms with Crippen LogP contribution in [0.5, 0.6) is 0 Å². The van der Waals surface area contributed by atoms with E-state index in [4.69, 9.17) is 0 Å². The summed E-state index contributed by atoms with van der Waals surface area (Å²) in [4.78, 5) is 11.1. The molecule has 0 atom stereocenters. The Kier molecular flexibility index (Phi) is 3.08. The van der Waals surface area contributed by atoms with Crippen molar-refractivity contribution in [3.8, 4) is 11.8 Å². The Morgan fingerprint density at radius 1 is 1.40 bits per heavy atom. The molecule has 1 heterocycles. The van der Waals surface area contributed by atoms with Crippen LogP contribution in [0.3, 0.4) is 0 Å². The number of carbonyl (C=O) groups is 1. The molecule has 0 unspecified atom stereocenters. The second kappa shape index (κ2) is 4.50. The van der Waals surface area contributed by atoms with Crippen LogP contribution in [0.1, 0.15) is 17.5 Å². The summed E-state index contributed by atoms with van der Waals surface area (Å²) in [6, 6.07) is 5.90. The minimum atomic E-state index is 0.0989. The lowest BCUT2D eigenvalue weighted by molar-refractivity contribution is -0.116. The number of hydrogen-bond donors (Lipinski definition) is 1. The monoisotopic (exact) mass is 263 g/mol. The topological polar surface area (TPSA) is 29.1 Å². The van der Waals surface area contributed by atoms with Gasteiger partial charge in [0.25, 0.3) is 0 Å². The van der Waals surface area contributed by atoms with Crippen molar-refractivity contribution in [2.45, 2.75) is 12.8 Å². The van der Waals surface area contributed by atoms with Gasteiger partial charge < -0.3 is 5.32 Å². The zero-order chi connectivity index (χ0) is 10.7. The number of benzene rings is 1. The second-order valence-corrected chi connectivity index (χ2v) is 3.92. The highest BCUT2D eigenvalue weighted by molar-refractivity contribution is 9.09. The largest absolute Gasteiger partial charge is 0.326 e. The predicted octanol–water partition coefficient (Wildman–Crippen LogP) is 2.32. The standard InChI is InChI=1S/C12H10BrNO/c13-7-1-2-9-3-5-11-10(8-9)4-6-12(15)14-11/h3,5,8H,4,6-7H2,(H,14,15). The van der Waals surface area contributed by atoms with Gasteiger partial charge in [-0.25, -0.2) is 0 Å². The van der Waals surface area contributed by atoms with Crippen LogP contribution < -0.4 is 5.32 Å². The third kappa shape index (κ3) is 2.40. The summed E-state index contributed by atoms with van der Waals surface area (Å²) in [5.74, 6) is 6.10. The van der Waals surface area contributed by atoms with E-state index >= 15 is 0 Å². The first-order valence-electron chi connectivity index (χ1n) is 4.77. The van der Waals surface area contributed by atoms with Crippen molar-refractivity contribution in [2.75, 3.05) is 10.6 Å². The summed E-state index contributed by atoms with van der Waals surface area (Å²) in [5, 5.41) is 3.53. The Bertz CT molecular complexity index is 456. The molecule has 0 aromatic heterocycles. The quantitative estimate of drug-likeness (QED) is 0.565. The lowest BCUT2D eigenvalue weighted by atomic mass is 10.0. The molecule has 2 nitrogen and oxygen atoms in total. The average Bonchev–Trinajstić information content (AvgIpc) is 2.26. The van der Waals surface area contributed by atoms with Crippen LogP contribution in [0.4, 0.5) is 5.69 Å². The Hall–Kier alpha value is -1.27. The minimum absolute atomic E-state index is 0.0989. The third-order valence-electron chi connectivity index (χ3n) is 2.30. The molecular weight excluding hydrogens is 254 g/mol. The molecule has 1 aliphatic rings. The van der Waals surface area contributed by atoms with Gasteiger partial charge in [0.2, 0.25) is 5.91 Å². The van der Waals surface area contributed by atoms with Gasteiger partial charge in [-0.15, -0.1) is 0 Å². The number of hydrogen-bond acceptors (Lipinski definition) is 1. The van der Waals surface area contributed by atoms with Crippen LogP contribution in [0.25, 0.3) is 0 Å². The fraction of sp³-hybridized carbons (Fsp3) is 0.250. The first kappa shape index (κ1) is 10.3. The number of halogens is 1. The smallest absolute Gasteiger partial charge is 0.224 e. The molecule has 1 N–H and O–H groups in total. The molecule has 1 aliphatic heterocycles. The van der Waals surface area contributed by atoms with Crippen molar-refractivity contribution in [1.29, 1.82) is 0 Å². The van der Waals surface area contributed by atoms with Crippen molar-refractivity contribution in [3.05, 3.63) is 29.3 Å². The molecular formula is C12H10BrNO. The van der Waals surface area contributed by atoms with Crippen LogP contribution in [-0.4, -0.2) is 11.2 Å². The number of anilines is 1. The predicted molar refractivity (Wildman–Crippen MR) is 64.1 cm³/mol. The molecule has 2 rings (SSSR count). The maximum Gasteiger partial charge on any atom is 0.224 e. The Morgan fingerprint density at radius 3 is 3.07 bits per heavy atom. The van der Waals surface area contributed by atoms with E-state index in [0.29, 0.717) is 11.8 Å². The first-order valence-corrected chi connectivity index (χ1v) is 5.89. The van der Waals surface area contributed by atoms with E-state index in [2.05, 4.69) is 33.1 Å². The molecule has 0 fully saturated rings. The summed E-state index contributed by atoms with van der Waals surface area (Å²) in [5.41, 5.74) is 3.11. The zero-order valence-corrected chi connectivity index (χ0v) is 9.73. The summed E-state index contributed by atoms with van der Waals surface area (Å²) in [6.45, 7) is 0. The molecule has 1 amide bonds. The normalized spacial score (nSPS) is 13.5. The lowest BCUT2D eigenvalue weighted by Gasteiger charge is -2.16. The van der Waals surface area contributed by atoms with Gasteiger partial charge in [-0.3, -0.25) is 4.79 Å². The van der Waals surface area contributed by atoms with Gasteiger partial charge in [0.1, 0.15) is 0 Å². The number of alkyl halides is 1. The number of amides is 1. The third-order valence-corrected chi connectivity index (χ3v) is 2.58. The van der Waals surface area contributed by atoms with Crippen molar-refractivity contribution in [1.82, 2.24) is 0 Å². The molecule has 15 heavy (non-hydrogen) atoms. The zero-order valence-electron chi connectivity index (χ0n) is 8.14. The number of aryl methyl sites for hydroxylation is 1. The lowest BCUT2D eigenvalue weighted by Crippen LogP contribution is -2.18. The van der Waals surface area contributed by atoms with Crippen molar-refractivity contribution < 1.29 is 4.79 Å². The van der Waals surface area contributed by atoms with Crippen molar-refractivity contribution >= 4 is 27.5 Å². The molecule has 0 spiro atoms. The van der Waals surface area contributed by atoms with E-state index in [1.165, 1.54) is 5.56 Å². The van der Waals surface area contributed by atoms with Gasteiger partial charge in [-0.2, -0.15) is 0 Å². The molecule has 0 bridgehead atoms. The van der Waals surface area contributed by atoms with E-state index in [1.54, 1.807) is 0 Å². The number of rotatable bonds is 0. The molecule has 0 aliphatic carbocycles. The van der Waals surface area contributed by atoms with Crippen LogP contribution in [0.15, 0.2) is 18.2 Å². The van der Waals surface area contributed by atoms with Gasteiger partial charge in [-0.05, 0) is 30.2 Å². The highest BCUT2D eigenvalue weighted by atomic mass is 79.9. The maximum atomic E-state index is 11.1. The number of fused-ring (bicyclic) bond motifs is 1. The number of carbonyl (C=O) groups excluding carboxylic acids is 1. The van der Waals surface area contributed by atoms with Crippen LogP contribution in [0, 0.1) is 11.8 Å². The summed E-state index contributed by atoms with van der Waals surface area (Å²) >= 11 is 3.26. The van der Waals surface area contributed by atoms with Crippen LogP contribution >= 0.6 is 15.9 Å². The molecule has 1 aromatic rings. The minimum Gasteiger partial charge on any atom is -0.326 e. The first-order chi connectivity index (χ1) is 7.29. The molecule has 0 saturated heterocycles.